The molecule has 0 spiro atoms. The minimum Gasteiger partial charge on any atom is -0.337 e. The highest BCUT2D eigenvalue weighted by molar-refractivity contribution is 5.98. The molecule has 3 aromatic rings. The van der Waals surface area contributed by atoms with Crippen LogP contribution in [-0.4, -0.2) is 59.0 Å². The second-order valence-electron chi connectivity index (χ2n) is 7.25. The van der Waals surface area contributed by atoms with E-state index in [9.17, 15) is 9.59 Å². The molecule has 0 aliphatic carbocycles. The van der Waals surface area contributed by atoms with Crippen molar-refractivity contribution in [2.75, 3.05) is 36.4 Å². The van der Waals surface area contributed by atoms with Crippen molar-refractivity contribution in [2.24, 2.45) is 0 Å². The van der Waals surface area contributed by atoms with E-state index in [2.05, 4.69) is 20.6 Å². The smallest absolute Gasteiger partial charge is 0.318 e. The van der Waals surface area contributed by atoms with Crippen LogP contribution in [0.5, 0.6) is 0 Å². The first-order valence-electron chi connectivity index (χ1n) is 9.97. The first kappa shape index (κ1) is 19.6. The number of aromatic nitrogens is 2. The molecule has 2 N–H and O–H groups in total. The lowest BCUT2D eigenvalue weighted by atomic mass is 10.1. The quantitative estimate of drug-likeness (QED) is 0.697. The highest BCUT2D eigenvalue weighted by atomic mass is 16.2. The van der Waals surface area contributed by atoms with Crippen molar-refractivity contribution in [3.05, 3.63) is 60.9 Å². The molecule has 1 unspecified atom stereocenters. The lowest BCUT2D eigenvalue weighted by Gasteiger charge is -2.35. The molecular formula is C22H24N6O2. The van der Waals surface area contributed by atoms with Gasteiger partial charge in [-0.1, -0.05) is 30.3 Å². The fourth-order valence-electron chi connectivity index (χ4n) is 3.42. The standard InChI is InChI=1S/C22H24N6O2/c1-16(20(29)26-19-8-7-17-5-2-3-6-18(17)15-19)25-22(30)28-13-11-27(12-14-28)21-23-9-4-10-24-21/h2-10,15-16H,11-14H2,1H3,(H,25,30)(H,26,29). The van der Waals surface area contributed by atoms with Crippen LogP contribution >= 0.6 is 0 Å². The zero-order chi connectivity index (χ0) is 20.9. The molecular weight excluding hydrogens is 380 g/mol. The van der Waals surface area contributed by atoms with Gasteiger partial charge in [-0.2, -0.15) is 0 Å². The third kappa shape index (κ3) is 4.48. The van der Waals surface area contributed by atoms with Gasteiger partial charge >= 0.3 is 6.03 Å². The molecule has 1 aliphatic heterocycles. The van der Waals surface area contributed by atoms with Crippen LogP contribution in [0.3, 0.4) is 0 Å². The number of rotatable bonds is 4. The van der Waals surface area contributed by atoms with E-state index in [0.29, 0.717) is 37.8 Å². The number of fused-ring (bicyclic) bond motifs is 1. The number of carbonyl (C=O) groups excluding carboxylic acids is 2. The zero-order valence-corrected chi connectivity index (χ0v) is 16.8. The normalized spacial score (nSPS) is 15.0. The summed E-state index contributed by atoms with van der Waals surface area (Å²) in [4.78, 5) is 37.3. The average molecular weight is 404 g/mol. The Hall–Kier alpha value is -3.68. The number of amides is 3. The Balaban J connectivity index is 1.29. The Labute approximate surface area is 174 Å². The maximum atomic E-state index is 12.6. The predicted octanol–water partition coefficient (Wildman–Crippen LogP) is 2.49. The number of carbonyl (C=O) groups is 2. The van der Waals surface area contributed by atoms with Gasteiger partial charge in [-0.3, -0.25) is 4.79 Å². The summed E-state index contributed by atoms with van der Waals surface area (Å²) in [5.74, 6) is 0.413. The molecule has 0 radical (unpaired) electrons. The lowest BCUT2D eigenvalue weighted by Crippen LogP contribution is -2.55. The summed E-state index contributed by atoms with van der Waals surface area (Å²) in [5.41, 5.74) is 0.705. The monoisotopic (exact) mass is 404 g/mol. The van der Waals surface area contributed by atoms with E-state index < -0.39 is 6.04 Å². The van der Waals surface area contributed by atoms with E-state index in [4.69, 9.17) is 0 Å². The largest absolute Gasteiger partial charge is 0.337 e. The average Bonchev–Trinajstić information content (AvgIpc) is 2.79. The van der Waals surface area contributed by atoms with Gasteiger partial charge in [0.2, 0.25) is 11.9 Å². The Bertz CT molecular complexity index is 1030. The summed E-state index contributed by atoms with van der Waals surface area (Å²) in [7, 11) is 0. The fraction of sp³-hybridized carbons (Fsp3) is 0.273. The van der Waals surface area contributed by atoms with Crippen LogP contribution in [0.4, 0.5) is 16.4 Å². The first-order valence-corrected chi connectivity index (χ1v) is 9.97. The Morgan fingerprint density at radius 3 is 2.37 bits per heavy atom. The molecule has 2 heterocycles. The van der Waals surface area contributed by atoms with Gasteiger partial charge in [0, 0.05) is 44.3 Å². The number of nitrogens with zero attached hydrogens (tertiary/aromatic N) is 4. The van der Waals surface area contributed by atoms with Crippen LogP contribution in [0.25, 0.3) is 10.8 Å². The van der Waals surface area contributed by atoms with E-state index in [1.165, 1.54) is 0 Å². The third-order valence-electron chi connectivity index (χ3n) is 5.15. The van der Waals surface area contributed by atoms with Crippen LogP contribution in [0.15, 0.2) is 60.9 Å². The highest BCUT2D eigenvalue weighted by Crippen LogP contribution is 2.19. The Morgan fingerprint density at radius 2 is 1.63 bits per heavy atom. The molecule has 1 atom stereocenters. The van der Waals surface area contributed by atoms with Gasteiger partial charge < -0.3 is 20.4 Å². The zero-order valence-electron chi connectivity index (χ0n) is 16.8. The SMILES string of the molecule is CC(NC(=O)N1CCN(c2ncccn2)CC1)C(=O)Nc1ccc2ccccc2c1. The van der Waals surface area contributed by atoms with E-state index in [1.54, 1.807) is 30.3 Å². The number of hydrogen-bond acceptors (Lipinski definition) is 5. The maximum Gasteiger partial charge on any atom is 0.318 e. The Morgan fingerprint density at radius 1 is 0.933 bits per heavy atom. The lowest BCUT2D eigenvalue weighted by molar-refractivity contribution is -0.117. The van der Waals surface area contributed by atoms with Crippen molar-refractivity contribution in [1.82, 2.24) is 20.2 Å². The molecule has 2 aromatic carbocycles. The van der Waals surface area contributed by atoms with E-state index in [1.807, 2.05) is 47.4 Å². The second kappa shape index (κ2) is 8.77. The van der Waals surface area contributed by atoms with E-state index in [-0.39, 0.29) is 11.9 Å². The van der Waals surface area contributed by atoms with Crippen LogP contribution in [0.2, 0.25) is 0 Å². The topological polar surface area (TPSA) is 90.5 Å². The molecule has 1 saturated heterocycles. The molecule has 30 heavy (non-hydrogen) atoms. The number of piperazine rings is 1. The van der Waals surface area contributed by atoms with E-state index >= 15 is 0 Å². The van der Waals surface area contributed by atoms with Gasteiger partial charge in [-0.05, 0) is 35.9 Å². The van der Waals surface area contributed by atoms with Gasteiger partial charge in [0.1, 0.15) is 6.04 Å². The maximum absolute atomic E-state index is 12.6. The van der Waals surface area contributed by atoms with Crippen LogP contribution in [0.1, 0.15) is 6.92 Å². The number of urea groups is 1. The summed E-state index contributed by atoms with van der Waals surface area (Å²) in [6.07, 6.45) is 3.41. The van der Waals surface area contributed by atoms with Crippen molar-refractivity contribution < 1.29 is 9.59 Å². The van der Waals surface area contributed by atoms with Crippen molar-refractivity contribution >= 4 is 34.3 Å². The van der Waals surface area contributed by atoms with Gasteiger partial charge in [-0.15, -0.1) is 0 Å². The van der Waals surface area contributed by atoms with Gasteiger partial charge in [0.05, 0.1) is 0 Å². The number of nitrogens with one attached hydrogen (secondary N) is 2. The second-order valence-corrected chi connectivity index (χ2v) is 7.25. The van der Waals surface area contributed by atoms with Crippen molar-refractivity contribution in [1.29, 1.82) is 0 Å². The van der Waals surface area contributed by atoms with Crippen LogP contribution < -0.4 is 15.5 Å². The van der Waals surface area contributed by atoms with Crippen molar-refractivity contribution in [3.63, 3.8) is 0 Å². The van der Waals surface area contributed by atoms with Crippen molar-refractivity contribution in [3.8, 4) is 0 Å². The summed E-state index contributed by atoms with van der Waals surface area (Å²) < 4.78 is 0. The van der Waals surface area contributed by atoms with Gasteiger partial charge in [0.15, 0.2) is 0 Å². The Kier molecular flexibility index (Phi) is 5.74. The van der Waals surface area contributed by atoms with Gasteiger partial charge in [-0.25, -0.2) is 14.8 Å². The molecule has 154 valence electrons. The third-order valence-corrected chi connectivity index (χ3v) is 5.15. The minimum atomic E-state index is -0.653. The number of anilines is 2. The van der Waals surface area contributed by atoms with Crippen molar-refractivity contribution in [2.45, 2.75) is 13.0 Å². The first-order chi connectivity index (χ1) is 14.6. The van der Waals surface area contributed by atoms with E-state index in [0.717, 1.165) is 10.8 Å². The minimum absolute atomic E-state index is 0.246. The van der Waals surface area contributed by atoms with Crippen LogP contribution in [-0.2, 0) is 4.79 Å². The number of hydrogen-bond donors (Lipinski definition) is 2. The molecule has 8 heteroatoms. The fourth-order valence-corrected chi connectivity index (χ4v) is 3.42. The van der Waals surface area contributed by atoms with Crippen LogP contribution in [0, 0.1) is 0 Å². The molecule has 3 amide bonds. The molecule has 4 rings (SSSR count). The summed E-state index contributed by atoms with van der Waals surface area (Å²) in [6, 6.07) is 14.6. The highest BCUT2D eigenvalue weighted by Gasteiger charge is 2.25. The summed E-state index contributed by atoms with van der Waals surface area (Å²) in [5, 5.41) is 7.82. The predicted molar refractivity (Wildman–Crippen MR) is 116 cm³/mol. The molecule has 1 fully saturated rings. The molecule has 8 nitrogen and oxygen atoms in total. The molecule has 1 aliphatic rings. The molecule has 0 bridgehead atoms. The summed E-state index contributed by atoms with van der Waals surface area (Å²) in [6.45, 7) is 4.07. The summed E-state index contributed by atoms with van der Waals surface area (Å²) >= 11 is 0. The number of benzene rings is 2. The molecule has 1 aromatic heterocycles. The molecule has 0 saturated carbocycles. The van der Waals surface area contributed by atoms with Gasteiger partial charge in [0.25, 0.3) is 0 Å².